The van der Waals surface area contributed by atoms with Gasteiger partial charge in [-0.25, -0.2) is 0 Å². The lowest BCUT2D eigenvalue weighted by atomic mass is 9.87. The van der Waals surface area contributed by atoms with E-state index in [1.807, 2.05) is 31.2 Å². The van der Waals surface area contributed by atoms with Crippen molar-refractivity contribution in [1.29, 1.82) is 0 Å². The molecule has 1 saturated heterocycles. The smallest absolute Gasteiger partial charge is 0.303 e. The first-order chi connectivity index (χ1) is 12.4. The number of unbranched alkanes of at least 4 members (excludes halogenated alkanes) is 1. The largest absolute Gasteiger partial charge is 0.481 e. The summed E-state index contributed by atoms with van der Waals surface area (Å²) in [6.45, 7) is 2.02. The summed E-state index contributed by atoms with van der Waals surface area (Å²) in [7, 11) is 0. The highest BCUT2D eigenvalue weighted by Crippen LogP contribution is 2.29. The SMILES string of the molecule is CC/C=C/C[C@H](O)/C=C\[C@H]1O[C@H](O)C[C@H](O)[C@@H]1C/C=C/CCCC(=O)O. The minimum Gasteiger partial charge on any atom is -0.481 e. The van der Waals surface area contributed by atoms with Crippen LogP contribution in [0, 0.1) is 5.92 Å². The minimum atomic E-state index is -1.02. The summed E-state index contributed by atoms with van der Waals surface area (Å²) < 4.78 is 5.52. The van der Waals surface area contributed by atoms with Gasteiger partial charge in [-0.1, -0.05) is 43.4 Å². The van der Waals surface area contributed by atoms with E-state index in [1.54, 1.807) is 12.2 Å². The molecule has 0 saturated carbocycles. The third-order valence-corrected chi connectivity index (χ3v) is 4.31. The molecule has 5 atom stereocenters. The second-order valence-electron chi connectivity index (χ2n) is 6.58. The molecule has 0 aromatic carbocycles. The maximum absolute atomic E-state index is 10.5. The Labute approximate surface area is 155 Å². The van der Waals surface area contributed by atoms with E-state index in [9.17, 15) is 20.1 Å². The summed E-state index contributed by atoms with van der Waals surface area (Å²) in [5.41, 5.74) is 0. The summed E-state index contributed by atoms with van der Waals surface area (Å²) in [5.74, 6) is -1.02. The van der Waals surface area contributed by atoms with Crippen LogP contribution in [0.1, 0.15) is 51.9 Å². The molecular formula is C20H32O6. The molecule has 0 amide bonds. The zero-order chi connectivity index (χ0) is 19.4. The predicted octanol–water partition coefficient (Wildman–Crippen LogP) is 2.55. The van der Waals surface area contributed by atoms with E-state index >= 15 is 0 Å². The molecule has 1 rings (SSSR count). The fraction of sp³-hybridized carbons (Fsp3) is 0.650. The first-order valence-corrected chi connectivity index (χ1v) is 9.33. The van der Waals surface area contributed by atoms with Crippen LogP contribution in [0.2, 0.25) is 0 Å². The summed E-state index contributed by atoms with van der Waals surface area (Å²) in [6.07, 6.45) is 11.8. The monoisotopic (exact) mass is 368 g/mol. The molecule has 6 heteroatoms. The van der Waals surface area contributed by atoms with Gasteiger partial charge in [-0.05, 0) is 32.1 Å². The molecule has 148 valence electrons. The number of rotatable bonds is 11. The summed E-state index contributed by atoms with van der Waals surface area (Å²) in [5, 5.41) is 38.6. The quantitative estimate of drug-likeness (QED) is 0.330. The van der Waals surface area contributed by atoms with Gasteiger partial charge in [0.1, 0.15) is 0 Å². The molecule has 26 heavy (non-hydrogen) atoms. The van der Waals surface area contributed by atoms with Gasteiger partial charge in [-0.15, -0.1) is 0 Å². The van der Waals surface area contributed by atoms with Gasteiger partial charge in [0.2, 0.25) is 0 Å². The average Bonchev–Trinajstić information content (AvgIpc) is 2.57. The number of hydrogen-bond donors (Lipinski definition) is 4. The number of carbonyl (C=O) groups is 1. The first kappa shape index (κ1) is 22.6. The Balaban J connectivity index is 2.56. The van der Waals surface area contributed by atoms with Crippen LogP contribution in [0.15, 0.2) is 36.5 Å². The van der Waals surface area contributed by atoms with E-state index in [0.717, 1.165) is 6.42 Å². The highest BCUT2D eigenvalue weighted by atomic mass is 16.6. The van der Waals surface area contributed by atoms with Crippen molar-refractivity contribution in [3.05, 3.63) is 36.5 Å². The Bertz CT molecular complexity index is 485. The van der Waals surface area contributed by atoms with Gasteiger partial charge in [-0.2, -0.15) is 0 Å². The van der Waals surface area contributed by atoms with E-state index < -0.39 is 30.6 Å². The van der Waals surface area contributed by atoms with Gasteiger partial charge in [0.05, 0.1) is 18.3 Å². The van der Waals surface area contributed by atoms with Crippen LogP contribution < -0.4 is 0 Å². The molecular weight excluding hydrogens is 336 g/mol. The fourth-order valence-electron chi connectivity index (χ4n) is 2.88. The second-order valence-corrected chi connectivity index (χ2v) is 6.58. The van der Waals surface area contributed by atoms with Crippen LogP contribution in [0.5, 0.6) is 0 Å². The lowest BCUT2D eigenvalue weighted by Crippen LogP contribution is -2.43. The number of carboxylic acid groups (broad SMARTS) is 1. The maximum atomic E-state index is 10.5. The van der Waals surface area contributed by atoms with E-state index in [1.165, 1.54) is 0 Å². The highest BCUT2D eigenvalue weighted by molar-refractivity contribution is 5.66. The molecule has 0 spiro atoms. The average molecular weight is 368 g/mol. The van der Waals surface area contributed by atoms with E-state index in [0.29, 0.717) is 25.7 Å². The van der Waals surface area contributed by atoms with Crippen molar-refractivity contribution in [3.8, 4) is 0 Å². The third-order valence-electron chi connectivity index (χ3n) is 4.31. The summed E-state index contributed by atoms with van der Waals surface area (Å²) in [6, 6.07) is 0. The number of hydrogen-bond acceptors (Lipinski definition) is 5. The van der Waals surface area contributed by atoms with Crippen LogP contribution in [0.4, 0.5) is 0 Å². The number of aliphatic hydroxyl groups excluding tert-OH is 3. The van der Waals surface area contributed by atoms with Gasteiger partial charge in [0, 0.05) is 18.8 Å². The fourth-order valence-corrected chi connectivity index (χ4v) is 2.88. The molecule has 4 N–H and O–H groups in total. The van der Waals surface area contributed by atoms with Crippen molar-refractivity contribution in [2.75, 3.05) is 0 Å². The Morgan fingerprint density at radius 1 is 1.23 bits per heavy atom. The van der Waals surface area contributed by atoms with E-state index in [2.05, 4.69) is 0 Å². The Morgan fingerprint density at radius 2 is 2.00 bits per heavy atom. The molecule has 0 unspecified atom stereocenters. The zero-order valence-corrected chi connectivity index (χ0v) is 15.4. The van der Waals surface area contributed by atoms with Gasteiger partial charge in [-0.3, -0.25) is 4.79 Å². The Hall–Kier alpha value is -1.47. The van der Waals surface area contributed by atoms with Crippen molar-refractivity contribution in [2.24, 2.45) is 5.92 Å². The standard InChI is InChI=1S/C20H32O6/c1-2-3-6-9-15(21)12-13-18-16(17(22)14-20(25)26-18)10-7-4-5-8-11-19(23)24/h3-4,6-7,12-13,15-18,20-22,25H,2,5,8-11,14H2,1H3,(H,23,24)/b6-3+,7-4+,13-12-/t15-,16-,17-,18+,20-/m0/s1. The molecule has 0 aromatic rings. The number of carboxylic acids is 1. The number of aliphatic carboxylic acids is 1. The molecule has 0 aliphatic carbocycles. The van der Waals surface area contributed by atoms with Crippen LogP contribution in [-0.2, 0) is 9.53 Å². The van der Waals surface area contributed by atoms with Crippen molar-refractivity contribution in [1.82, 2.24) is 0 Å². The third kappa shape index (κ3) is 9.29. The molecule has 0 bridgehead atoms. The van der Waals surface area contributed by atoms with Gasteiger partial charge < -0.3 is 25.2 Å². The number of allylic oxidation sites excluding steroid dienone is 3. The second kappa shape index (κ2) is 12.8. The summed E-state index contributed by atoms with van der Waals surface area (Å²) in [4.78, 5) is 10.5. The van der Waals surface area contributed by atoms with Gasteiger partial charge in [0.25, 0.3) is 0 Å². The molecule has 6 nitrogen and oxygen atoms in total. The van der Waals surface area contributed by atoms with Gasteiger partial charge >= 0.3 is 5.97 Å². The molecule has 1 heterocycles. The normalized spacial score (nSPS) is 28.3. The van der Waals surface area contributed by atoms with Crippen molar-refractivity contribution in [3.63, 3.8) is 0 Å². The van der Waals surface area contributed by atoms with Crippen molar-refractivity contribution >= 4 is 5.97 Å². The first-order valence-electron chi connectivity index (χ1n) is 9.33. The summed E-state index contributed by atoms with van der Waals surface area (Å²) >= 11 is 0. The predicted molar refractivity (Wildman–Crippen MR) is 99.4 cm³/mol. The zero-order valence-electron chi connectivity index (χ0n) is 15.4. The van der Waals surface area contributed by atoms with Crippen LogP contribution in [0.3, 0.4) is 0 Å². The lowest BCUT2D eigenvalue weighted by molar-refractivity contribution is -0.199. The van der Waals surface area contributed by atoms with Crippen LogP contribution >= 0.6 is 0 Å². The van der Waals surface area contributed by atoms with Crippen LogP contribution in [0.25, 0.3) is 0 Å². The lowest BCUT2D eigenvalue weighted by Gasteiger charge is -2.36. The van der Waals surface area contributed by atoms with E-state index in [4.69, 9.17) is 9.84 Å². The molecule has 1 aliphatic heterocycles. The number of ether oxygens (including phenoxy) is 1. The van der Waals surface area contributed by atoms with Crippen LogP contribution in [-0.4, -0.2) is 51.0 Å². The van der Waals surface area contributed by atoms with E-state index in [-0.39, 0.29) is 18.8 Å². The van der Waals surface area contributed by atoms with Gasteiger partial charge in [0.15, 0.2) is 6.29 Å². The topological polar surface area (TPSA) is 107 Å². The molecule has 1 aliphatic rings. The Morgan fingerprint density at radius 3 is 2.69 bits per heavy atom. The molecule has 0 aromatic heterocycles. The number of aliphatic hydroxyl groups is 3. The molecule has 1 fully saturated rings. The highest BCUT2D eigenvalue weighted by Gasteiger charge is 2.35. The van der Waals surface area contributed by atoms with Crippen molar-refractivity contribution < 1.29 is 30.0 Å². The van der Waals surface area contributed by atoms with Crippen molar-refractivity contribution in [2.45, 2.75) is 76.5 Å². The molecule has 0 radical (unpaired) electrons. The maximum Gasteiger partial charge on any atom is 0.303 e. The Kier molecular flexibility index (Phi) is 11.1. The minimum absolute atomic E-state index is 0.140.